The molecule has 0 aliphatic carbocycles. The number of halogens is 1. The topological polar surface area (TPSA) is 41.0 Å². The van der Waals surface area contributed by atoms with E-state index in [4.69, 9.17) is 0 Å². The van der Waals surface area contributed by atoms with Crippen LogP contribution in [0.25, 0.3) is 10.7 Å². The van der Waals surface area contributed by atoms with Crippen LogP contribution in [0.4, 0.5) is 0 Å². The van der Waals surface area contributed by atoms with Gasteiger partial charge >= 0.3 is 0 Å². The van der Waals surface area contributed by atoms with E-state index in [1.165, 1.54) is 24.3 Å². The van der Waals surface area contributed by atoms with Crippen LogP contribution in [0.2, 0.25) is 0 Å². The van der Waals surface area contributed by atoms with Crippen molar-refractivity contribution in [3.63, 3.8) is 0 Å². The molecule has 0 aromatic carbocycles. The summed E-state index contributed by atoms with van der Waals surface area (Å²) in [5.74, 6) is 0. The smallest absolute Gasteiger partial charge is 0.142 e. The molecule has 1 N–H and O–H groups in total. The third-order valence-corrected chi connectivity index (χ3v) is 4.74. The molecular weight excluding hydrogens is 304 g/mol. The van der Waals surface area contributed by atoms with E-state index in [9.17, 15) is 0 Å². The molecule has 0 bridgehead atoms. The highest BCUT2D eigenvalue weighted by Gasteiger charge is 2.19. The number of nitrogens with zero attached hydrogens (tertiary/aromatic N) is 3. The number of nitrogens with one attached hydrogen (secondary N) is 1. The second kappa shape index (κ2) is 7.84. The van der Waals surface area contributed by atoms with Crippen LogP contribution in [-0.2, 0) is 6.54 Å². The Morgan fingerprint density at radius 1 is 1.38 bits per heavy atom. The fourth-order valence-corrected chi connectivity index (χ4v) is 3.58. The molecular formula is C15H21ClN4S. The zero-order chi connectivity index (χ0) is 13.8. The van der Waals surface area contributed by atoms with E-state index >= 15 is 0 Å². The van der Waals surface area contributed by atoms with Gasteiger partial charge in [-0.2, -0.15) is 0 Å². The first-order valence-corrected chi connectivity index (χ1v) is 7.92. The Morgan fingerprint density at radius 2 is 2.29 bits per heavy atom. The summed E-state index contributed by atoms with van der Waals surface area (Å²) in [7, 11) is 2.06. The van der Waals surface area contributed by atoms with E-state index in [1.54, 1.807) is 11.3 Å². The van der Waals surface area contributed by atoms with Crippen LogP contribution in [0, 0.1) is 0 Å². The third kappa shape index (κ3) is 4.23. The number of likely N-dealkylation sites (N-methyl/N-ethyl adjacent to an activating group) is 1. The van der Waals surface area contributed by atoms with Gasteiger partial charge in [0.05, 0.1) is 5.69 Å². The van der Waals surface area contributed by atoms with Crippen molar-refractivity contribution in [2.45, 2.75) is 25.4 Å². The number of piperidine rings is 1. The van der Waals surface area contributed by atoms with Gasteiger partial charge in [0.25, 0.3) is 0 Å². The van der Waals surface area contributed by atoms with E-state index in [-0.39, 0.29) is 12.4 Å². The minimum Gasteiger partial charge on any atom is -0.316 e. The van der Waals surface area contributed by atoms with Gasteiger partial charge in [-0.15, -0.1) is 23.7 Å². The van der Waals surface area contributed by atoms with Gasteiger partial charge < -0.3 is 5.32 Å². The summed E-state index contributed by atoms with van der Waals surface area (Å²) in [5, 5.41) is 4.40. The van der Waals surface area contributed by atoms with E-state index in [0.717, 1.165) is 23.8 Å². The molecule has 2 aromatic heterocycles. The predicted octanol–water partition coefficient (Wildman–Crippen LogP) is 2.81. The van der Waals surface area contributed by atoms with Crippen molar-refractivity contribution in [3.05, 3.63) is 35.5 Å². The quantitative estimate of drug-likeness (QED) is 0.939. The molecule has 1 saturated heterocycles. The normalized spacial score (nSPS) is 19.2. The number of thiazole rings is 1. The number of hydrogen-bond acceptors (Lipinski definition) is 5. The van der Waals surface area contributed by atoms with Crippen molar-refractivity contribution in [3.8, 4) is 10.7 Å². The summed E-state index contributed by atoms with van der Waals surface area (Å²) in [6.07, 6.45) is 6.38. The maximum absolute atomic E-state index is 4.50. The van der Waals surface area contributed by atoms with E-state index in [2.05, 4.69) is 27.2 Å². The predicted molar refractivity (Wildman–Crippen MR) is 90.0 cm³/mol. The summed E-state index contributed by atoms with van der Waals surface area (Å²) in [5.41, 5.74) is 0.968. The molecule has 1 atom stereocenters. The van der Waals surface area contributed by atoms with Crippen LogP contribution >= 0.6 is 23.7 Å². The first kappa shape index (κ1) is 16.4. The molecule has 0 radical (unpaired) electrons. The van der Waals surface area contributed by atoms with Gasteiger partial charge in [0.1, 0.15) is 5.01 Å². The third-order valence-electron chi connectivity index (χ3n) is 3.73. The molecule has 1 unspecified atom stereocenters. The molecule has 4 nitrogen and oxygen atoms in total. The molecule has 1 aliphatic heterocycles. The van der Waals surface area contributed by atoms with Gasteiger partial charge in [-0.25, -0.2) is 4.98 Å². The molecule has 0 saturated carbocycles. The van der Waals surface area contributed by atoms with Gasteiger partial charge in [0.2, 0.25) is 0 Å². The first-order chi connectivity index (χ1) is 9.85. The highest BCUT2D eigenvalue weighted by atomic mass is 35.5. The molecule has 1 fully saturated rings. The lowest BCUT2D eigenvalue weighted by Gasteiger charge is -2.32. The number of rotatable bonds is 4. The zero-order valence-corrected chi connectivity index (χ0v) is 13.8. The number of aromatic nitrogens is 2. The molecule has 0 spiro atoms. The highest BCUT2D eigenvalue weighted by molar-refractivity contribution is 7.14. The lowest BCUT2D eigenvalue weighted by atomic mass is 10.1. The minimum atomic E-state index is 0. The summed E-state index contributed by atoms with van der Waals surface area (Å²) >= 11 is 1.75. The monoisotopic (exact) mass is 324 g/mol. The van der Waals surface area contributed by atoms with Crippen molar-refractivity contribution in [2.75, 3.05) is 20.1 Å². The molecule has 1 aliphatic rings. The fourth-order valence-electron chi connectivity index (χ4n) is 2.64. The molecule has 3 heterocycles. The van der Waals surface area contributed by atoms with Crippen molar-refractivity contribution in [1.29, 1.82) is 0 Å². The molecule has 3 rings (SSSR count). The van der Waals surface area contributed by atoms with Crippen LogP contribution in [-0.4, -0.2) is 41.0 Å². The maximum atomic E-state index is 4.50. The fraction of sp³-hybridized carbons (Fsp3) is 0.467. The van der Waals surface area contributed by atoms with Crippen LogP contribution in [0.3, 0.4) is 0 Å². The standard InChI is InChI=1S/C15H20N4S.ClH/c1-16-12-5-4-8-19(10-12)11-13-9-18-15(20-13)14-6-2-3-7-17-14;/h2-3,6-7,9,12,16H,4-5,8,10-11H2,1H3;1H. The van der Waals surface area contributed by atoms with E-state index < -0.39 is 0 Å². The Kier molecular flexibility index (Phi) is 6.11. The summed E-state index contributed by atoms with van der Waals surface area (Å²) < 4.78 is 0. The van der Waals surface area contributed by atoms with Gasteiger partial charge in [0, 0.05) is 36.4 Å². The van der Waals surface area contributed by atoms with Crippen LogP contribution in [0.15, 0.2) is 30.6 Å². The molecule has 21 heavy (non-hydrogen) atoms. The molecule has 2 aromatic rings. The van der Waals surface area contributed by atoms with Crippen molar-refractivity contribution in [2.24, 2.45) is 0 Å². The minimum absolute atomic E-state index is 0. The van der Waals surface area contributed by atoms with Crippen LogP contribution in [0.1, 0.15) is 17.7 Å². The number of pyridine rings is 1. The Labute approximate surface area is 136 Å². The summed E-state index contributed by atoms with van der Waals surface area (Å²) in [6, 6.07) is 6.59. The van der Waals surface area contributed by atoms with Crippen molar-refractivity contribution >= 4 is 23.7 Å². The van der Waals surface area contributed by atoms with E-state index in [1.807, 2.05) is 30.6 Å². The largest absolute Gasteiger partial charge is 0.316 e. The Balaban J connectivity index is 0.00000161. The molecule has 6 heteroatoms. The highest BCUT2D eigenvalue weighted by Crippen LogP contribution is 2.24. The van der Waals surface area contributed by atoms with Crippen LogP contribution < -0.4 is 5.32 Å². The number of hydrogen-bond donors (Lipinski definition) is 1. The molecule has 114 valence electrons. The van der Waals surface area contributed by atoms with Gasteiger partial charge in [-0.05, 0) is 38.6 Å². The lowest BCUT2D eigenvalue weighted by molar-refractivity contribution is 0.189. The lowest BCUT2D eigenvalue weighted by Crippen LogP contribution is -2.43. The summed E-state index contributed by atoms with van der Waals surface area (Å²) in [6.45, 7) is 3.32. The average Bonchev–Trinajstić information content (AvgIpc) is 2.97. The average molecular weight is 325 g/mol. The van der Waals surface area contributed by atoms with Gasteiger partial charge in [-0.1, -0.05) is 6.07 Å². The first-order valence-electron chi connectivity index (χ1n) is 7.11. The van der Waals surface area contributed by atoms with Crippen molar-refractivity contribution < 1.29 is 0 Å². The van der Waals surface area contributed by atoms with Gasteiger partial charge in [-0.3, -0.25) is 9.88 Å². The molecule has 0 amide bonds. The van der Waals surface area contributed by atoms with Crippen molar-refractivity contribution in [1.82, 2.24) is 20.2 Å². The SMILES string of the molecule is CNC1CCCN(Cc2cnc(-c3ccccn3)s2)C1.Cl. The van der Waals surface area contributed by atoms with Crippen LogP contribution in [0.5, 0.6) is 0 Å². The number of likely N-dealkylation sites (tertiary alicyclic amines) is 1. The van der Waals surface area contributed by atoms with Gasteiger partial charge in [0.15, 0.2) is 0 Å². The second-order valence-corrected chi connectivity index (χ2v) is 6.32. The summed E-state index contributed by atoms with van der Waals surface area (Å²) in [4.78, 5) is 12.7. The van der Waals surface area contributed by atoms with E-state index in [0.29, 0.717) is 6.04 Å². The zero-order valence-electron chi connectivity index (χ0n) is 12.2. The Morgan fingerprint density at radius 3 is 3.05 bits per heavy atom. The Bertz CT molecular complexity index is 546. The maximum Gasteiger partial charge on any atom is 0.142 e. The second-order valence-electron chi connectivity index (χ2n) is 5.21. The Hall–Kier alpha value is -1.01.